The summed E-state index contributed by atoms with van der Waals surface area (Å²) in [5.41, 5.74) is 3.59. The third kappa shape index (κ3) is 5.63. The van der Waals surface area contributed by atoms with Gasteiger partial charge in [-0.1, -0.05) is 18.6 Å². The lowest BCUT2D eigenvalue weighted by Gasteiger charge is -2.38. The second-order valence-electron chi connectivity index (χ2n) is 11.2. The predicted octanol–water partition coefficient (Wildman–Crippen LogP) is 4.45. The molecule has 3 fully saturated rings. The van der Waals surface area contributed by atoms with E-state index in [1.807, 2.05) is 30.2 Å². The van der Waals surface area contributed by atoms with Crippen molar-refractivity contribution < 1.29 is 9.53 Å². The van der Waals surface area contributed by atoms with E-state index < -0.39 is 0 Å². The van der Waals surface area contributed by atoms with Crippen LogP contribution in [0.4, 0.5) is 5.82 Å². The molecule has 8 nitrogen and oxygen atoms in total. The molecule has 6 rings (SSSR count). The Labute approximate surface area is 225 Å². The van der Waals surface area contributed by atoms with Gasteiger partial charge in [0.2, 0.25) is 5.91 Å². The molecule has 0 unspecified atom stereocenters. The van der Waals surface area contributed by atoms with Crippen molar-refractivity contribution in [3.8, 4) is 11.1 Å². The van der Waals surface area contributed by atoms with Crippen LogP contribution in [0.3, 0.4) is 0 Å². The Morgan fingerprint density at radius 2 is 1.76 bits per heavy atom. The fraction of sp³-hybridized carbons (Fsp3) is 0.567. The molecule has 38 heavy (non-hydrogen) atoms. The SMILES string of the molecule is Cn1ncc(-c2ccc3cnc(NC(=O)C4CCC(N5CCOCC5)CC4)cc3c2)c1CN1CCCCC1. The number of morpholine rings is 1. The van der Waals surface area contributed by atoms with E-state index in [0.717, 1.165) is 88.0 Å². The van der Waals surface area contributed by atoms with E-state index >= 15 is 0 Å². The van der Waals surface area contributed by atoms with Crippen LogP contribution in [-0.2, 0) is 23.1 Å². The Morgan fingerprint density at radius 3 is 2.55 bits per heavy atom. The van der Waals surface area contributed by atoms with E-state index in [0.29, 0.717) is 11.9 Å². The van der Waals surface area contributed by atoms with Crippen molar-refractivity contribution in [3.63, 3.8) is 0 Å². The largest absolute Gasteiger partial charge is 0.379 e. The second-order valence-corrected chi connectivity index (χ2v) is 11.2. The molecule has 0 radical (unpaired) electrons. The smallest absolute Gasteiger partial charge is 0.228 e. The number of amides is 1. The number of nitrogens with zero attached hydrogens (tertiary/aromatic N) is 5. The summed E-state index contributed by atoms with van der Waals surface area (Å²) < 4.78 is 7.51. The first-order chi connectivity index (χ1) is 18.6. The van der Waals surface area contributed by atoms with Gasteiger partial charge in [0.25, 0.3) is 0 Å². The van der Waals surface area contributed by atoms with Crippen LogP contribution in [0.2, 0.25) is 0 Å². The maximum Gasteiger partial charge on any atom is 0.228 e. The van der Waals surface area contributed by atoms with E-state index in [4.69, 9.17) is 4.74 Å². The quantitative estimate of drug-likeness (QED) is 0.522. The molecule has 3 aliphatic rings. The minimum atomic E-state index is 0.0591. The molecule has 3 aromatic rings. The van der Waals surface area contributed by atoms with Gasteiger partial charge in [-0.25, -0.2) is 4.98 Å². The summed E-state index contributed by atoms with van der Waals surface area (Å²) in [6, 6.07) is 9.08. The normalized spacial score (nSPS) is 23.5. The van der Waals surface area contributed by atoms with Crippen LogP contribution in [0, 0.1) is 5.92 Å². The number of ether oxygens (including phenoxy) is 1. The molecule has 1 aliphatic carbocycles. The summed E-state index contributed by atoms with van der Waals surface area (Å²) in [4.78, 5) is 22.7. The molecule has 0 bridgehead atoms. The predicted molar refractivity (Wildman–Crippen MR) is 150 cm³/mol. The van der Waals surface area contributed by atoms with Gasteiger partial charge in [-0.15, -0.1) is 0 Å². The highest BCUT2D eigenvalue weighted by molar-refractivity contribution is 5.95. The van der Waals surface area contributed by atoms with Crippen LogP contribution in [0.25, 0.3) is 21.9 Å². The lowest BCUT2D eigenvalue weighted by molar-refractivity contribution is -0.121. The van der Waals surface area contributed by atoms with Crippen molar-refractivity contribution in [2.75, 3.05) is 44.7 Å². The molecular formula is C30H40N6O2. The first kappa shape index (κ1) is 25.5. The Bertz CT molecular complexity index is 1250. The van der Waals surface area contributed by atoms with Gasteiger partial charge in [0.05, 0.1) is 25.1 Å². The fourth-order valence-electron chi connectivity index (χ4n) is 6.47. The monoisotopic (exact) mass is 516 g/mol. The highest BCUT2D eigenvalue weighted by atomic mass is 16.5. The van der Waals surface area contributed by atoms with Gasteiger partial charge < -0.3 is 10.1 Å². The third-order valence-electron chi connectivity index (χ3n) is 8.80. The van der Waals surface area contributed by atoms with E-state index in [9.17, 15) is 4.79 Å². The van der Waals surface area contributed by atoms with E-state index in [1.54, 1.807) is 0 Å². The number of benzene rings is 1. The Balaban J connectivity index is 1.13. The Morgan fingerprint density at radius 1 is 0.974 bits per heavy atom. The molecule has 4 heterocycles. The van der Waals surface area contributed by atoms with Crippen LogP contribution in [-0.4, -0.2) is 75.9 Å². The molecule has 2 aromatic heterocycles. The average Bonchev–Trinajstić information content (AvgIpc) is 3.33. The molecule has 8 heteroatoms. The lowest BCUT2D eigenvalue weighted by Crippen LogP contribution is -2.45. The van der Waals surface area contributed by atoms with Crippen molar-refractivity contribution in [2.45, 2.75) is 57.5 Å². The molecule has 0 spiro atoms. The van der Waals surface area contributed by atoms with Crippen LogP contribution in [0.15, 0.2) is 36.7 Å². The summed E-state index contributed by atoms with van der Waals surface area (Å²) in [6.07, 6.45) is 11.8. The fourth-order valence-corrected chi connectivity index (χ4v) is 6.47. The standard InChI is InChI=1S/C30H40N6O2/c1-34-28(21-35-11-3-2-4-12-35)27(20-32-34)23-5-6-24-19-31-29(18-25(24)17-23)33-30(37)22-7-9-26(10-8-22)36-13-15-38-16-14-36/h5-6,17-20,22,26H,2-4,7-16,21H2,1H3,(H,31,33,37). The van der Waals surface area contributed by atoms with Gasteiger partial charge in [-0.05, 0) is 74.7 Å². The highest BCUT2D eigenvalue weighted by Crippen LogP contribution is 2.31. The van der Waals surface area contributed by atoms with E-state index in [2.05, 4.69) is 43.4 Å². The van der Waals surface area contributed by atoms with Crippen molar-refractivity contribution in [1.82, 2.24) is 24.6 Å². The number of rotatable bonds is 6. The van der Waals surface area contributed by atoms with Gasteiger partial charge in [0.15, 0.2) is 0 Å². The average molecular weight is 517 g/mol. The molecular weight excluding hydrogens is 476 g/mol. The molecule has 1 saturated carbocycles. The van der Waals surface area contributed by atoms with Crippen LogP contribution < -0.4 is 5.32 Å². The van der Waals surface area contributed by atoms with Crippen LogP contribution >= 0.6 is 0 Å². The molecule has 1 amide bonds. The molecule has 0 atom stereocenters. The highest BCUT2D eigenvalue weighted by Gasteiger charge is 2.30. The van der Waals surface area contributed by atoms with Crippen molar-refractivity contribution in [2.24, 2.45) is 13.0 Å². The van der Waals surface area contributed by atoms with Crippen molar-refractivity contribution in [1.29, 1.82) is 0 Å². The number of piperidine rings is 1. The number of likely N-dealkylation sites (tertiary alicyclic amines) is 1. The van der Waals surface area contributed by atoms with Gasteiger partial charge in [-0.3, -0.25) is 19.3 Å². The molecule has 2 aliphatic heterocycles. The summed E-state index contributed by atoms with van der Waals surface area (Å²) in [5, 5.41) is 9.86. The number of nitrogens with one attached hydrogen (secondary N) is 1. The van der Waals surface area contributed by atoms with Crippen LogP contribution in [0.1, 0.15) is 50.6 Å². The van der Waals surface area contributed by atoms with Gasteiger partial charge >= 0.3 is 0 Å². The number of aryl methyl sites for hydroxylation is 1. The van der Waals surface area contributed by atoms with Crippen molar-refractivity contribution >= 4 is 22.5 Å². The number of hydrogen-bond donors (Lipinski definition) is 1. The molecule has 202 valence electrons. The van der Waals surface area contributed by atoms with Gasteiger partial charge in [0, 0.05) is 55.8 Å². The number of aromatic nitrogens is 3. The molecule has 2 saturated heterocycles. The minimum absolute atomic E-state index is 0.0591. The second kappa shape index (κ2) is 11.5. The lowest BCUT2D eigenvalue weighted by atomic mass is 9.84. The summed E-state index contributed by atoms with van der Waals surface area (Å²) in [5.74, 6) is 0.794. The number of anilines is 1. The number of pyridine rings is 1. The summed E-state index contributed by atoms with van der Waals surface area (Å²) >= 11 is 0. The summed E-state index contributed by atoms with van der Waals surface area (Å²) in [7, 11) is 2.04. The zero-order chi connectivity index (χ0) is 25.9. The first-order valence-electron chi connectivity index (χ1n) is 14.4. The Kier molecular flexibility index (Phi) is 7.72. The number of fused-ring (bicyclic) bond motifs is 1. The summed E-state index contributed by atoms with van der Waals surface area (Å²) in [6.45, 7) is 6.94. The molecule has 1 aromatic carbocycles. The number of hydrogen-bond acceptors (Lipinski definition) is 6. The topological polar surface area (TPSA) is 75.5 Å². The number of carbonyl (C=O) groups is 1. The Hall–Kier alpha value is -2.81. The number of carbonyl (C=O) groups excluding carboxylic acids is 1. The van der Waals surface area contributed by atoms with E-state index in [1.165, 1.54) is 30.5 Å². The van der Waals surface area contributed by atoms with Gasteiger partial charge in [0.1, 0.15) is 5.82 Å². The van der Waals surface area contributed by atoms with Crippen LogP contribution in [0.5, 0.6) is 0 Å². The third-order valence-corrected chi connectivity index (χ3v) is 8.80. The maximum atomic E-state index is 13.1. The molecule has 1 N–H and O–H groups in total. The zero-order valence-electron chi connectivity index (χ0n) is 22.6. The zero-order valence-corrected chi connectivity index (χ0v) is 22.6. The minimum Gasteiger partial charge on any atom is -0.379 e. The van der Waals surface area contributed by atoms with E-state index in [-0.39, 0.29) is 11.8 Å². The maximum absolute atomic E-state index is 13.1. The van der Waals surface area contributed by atoms with Gasteiger partial charge in [-0.2, -0.15) is 5.10 Å². The first-order valence-corrected chi connectivity index (χ1v) is 14.4. The van der Waals surface area contributed by atoms with Crippen molar-refractivity contribution in [3.05, 3.63) is 42.4 Å².